The number of non-ortho nitro benzene ring substituents is 1. The summed E-state index contributed by atoms with van der Waals surface area (Å²) in [5.41, 5.74) is 1.92. The van der Waals surface area contributed by atoms with E-state index in [2.05, 4.69) is 22.5 Å². The van der Waals surface area contributed by atoms with Crippen LogP contribution in [0.5, 0.6) is 0 Å². The second-order valence-electron chi connectivity index (χ2n) is 5.62. The minimum atomic E-state index is -0.429. The zero-order valence-corrected chi connectivity index (χ0v) is 14.2. The van der Waals surface area contributed by atoms with Crippen molar-refractivity contribution in [3.8, 4) is 0 Å². The fraction of sp³-hybridized carbons (Fsp3) is 0.333. The van der Waals surface area contributed by atoms with Crippen LogP contribution in [-0.2, 0) is 12.8 Å². The van der Waals surface area contributed by atoms with Gasteiger partial charge in [0.15, 0.2) is 10.2 Å². The van der Waals surface area contributed by atoms with Crippen LogP contribution in [0.25, 0.3) is 0 Å². The molecule has 0 saturated carbocycles. The van der Waals surface area contributed by atoms with E-state index in [1.54, 1.807) is 23.5 Å². The van der Waals surface area contributed by atoms with Crippen molar-refractivity contribution in [3.63, 3.8) is 0 Å². The number of nitro benzene ring substituents is 1. The van der Waals surface area contributed by atoms with Gasteiger partial charge >= 0.3 is 0 Å². The summed E-state index contributed by atoms with van der Waals surface area (Å²) in [6.45, 7) is 2.26. The van der Waals surface area contributed by atoms with Crippen molar-refractivity contribution >= 4 is 45.2 Å². The fourth-order valence-electron chi connectivity index (χ4n) is 2.52. The average molecular weight is 348 g/mol. The van der Waals surface area contributed by atoms with Crippen LogP contribution in [0.15, 0.2) is 24.3 Å². The molecule has 1 heterocycles. The van der Waals surface area contributed by atoms with Gasteiger partial charge in [-0.1, -0.05) is 6.92 Å². The van der Waals surface area contributed by atoms with E-state index in [-0.39, 0.29) is 5.69 Å². The van der Waals surface area contributed by atoms with Crippen molar-refractivity contribution < 1.29 is 4.92 Å². The molecule has 6 nitrogen and oxygen atoms in total. The molecule has 0 spiro atoms. The van der Waals surface area contributed by atoms with Crippen molar-refractivity contribution in [2.24, 2.45) is 5.92 Å². The number of thiocarbonyl (C=S) groups is 1. The van der Waals surface area contributed by atoms with E-state index >= 15 is 0 Å². The van der Waals surface area contributed by atoms with Gasteiger partial charge < -0.3 is 10.6 Å². The largest absolute Gasteiger partial charge is 0.332 e. The number of aromatic nitrogens is 1. The van der Waals surface area contributed by atoms with Gasteiger partial charge in [-0.15, -0.1) is 11.3 Å². The SMILES string of the molecule is CC1CCc2nc(NC(=S)Nc3ccc([N+](=O)[O-])cc3)sc2C1. The number of hydrogen-bond donors (Lipinski definition) is 2. The second-order valence-corrected chi connectivity index (χ2v) is 7.11. The van der Waals surface area contributed by atoms with Crippen LogP contribution in [0.2, 0.25) is 0 Å². The van der Waals surface area contributed by atoms with Crippen molar-refractivity contribution in [2.75, 3.05) is 10.6 Å². The van der Waals surface area contributed by atoms with E-state index in [4.69, 9.17) is 12.2 Å². The van der Waals surface area contributed by atoms with Gasteiger partial charge in [0, 0.05) is 22.7 Å². The van der Waals surface area contributed by atoms with Crippen LogP contribution in [0.3, 0.4) is 0 Å². The number of aryl methyl sites for hydroxylation is 1. The summed E-state index contributed by atoms with van der Waals surface area (Å²) in [6, 6.07) is 6.13. The third kappa shape index (κ3) is 3.83. The highest BCUT2D eigenvalue weighted by Crippen LogP contribution is 2.32. The van der Waals surface area contributed by atoms with Crippen molar-refractivity contribution in [1.82, 2.24) is 4.98 Å². The summed E-state index contributed by atoms with van der Waals surface area (Å²) in [5, 5.41) is 18.0. The average Bonchev–Trinajstić information content (AvgIpc) is 2.88. The number of nitro groups is 1. The zero-order chi connectivity index (χ0) is 16.4. The summed E-state index contributed by atoms with van der Waals surface area (Å²) in [7, 11) is 0. The van der Waals surface area contributed by atoms with Crippen LogP contribution in [0.1, 0.15) is 23.9 Å². The van der Waals surface area contributed by atoms with E-state index in [1.807, 2.05) is 0 Å². The minimum Gasteiger partial charge on any atom is -0.332 e. The summed E-state index contributed by atoms with van der Waals surface area (Å²) < 4.78 is 0. The quantitative estimate of drug-likeness (QED) is 0.496. The molecule has 0 bridgehead atoms. The lowest BCUT2D eigenvalue weighted by atomic mass is 9.93. The first-order chi connectivity index (χ1) is 11.0. The Balaban J connectivity index is 1.62. The zero-order valence-electron chi connectivity index (χ0n) is 12.5. The predicted octanol–water partition coefficient (Wildman–Crippen LogP) is 3.99. The number of benzene rings is 1. The number of thiazole rings is 1. The minimum absolute atomic E-state index is 0.0520. The van der Waals surface area contributed by atoms with Crippen LogP contribution in [0.4, 0.5) is 16.5 Å². The molecule has 1 aromatic heterocycles. The van der Waals surface area contributed by atoms with Gasteiger partial charge in [-0.05, 0) is 49.5 Å². The number of hydrogen-bond acceptors (Lipinski definition) is 5. The van der Waals surface area contributed by atoms with E-state index in [0.717, 1.165) is 18.0 Å². The van der Waals surface area contributed by atoms with Gasteiger partial charge in [0.05, 0.1) is 10.6 Å². The van der Waals surface area contributed by atoms with Gasteiger partial charge in [-0.2, -0.15) is 0 Å². The molecule has 3 rings (SSSR count). The Morgan fingerprint density at radius 3 is 2.83 bits per heavy atom. The summed E-state index contributed by atoms with van der Waals surface area (Å²) >= 11 is 6.92. The van der Waals surface area contributed by atoms with Crippen molar-refractivity contribution in [3.05, 3.63) is 45.0 Å². The van der Waals surface area contributed by atoms with Gasteiger partial charge in [-0.25, -0.2) is 4.98 Å². The van der Waals surface area contributed by atoms with Crippen LogP contribution in [0, 0.1) is 16.0 Å². The molecule has 0 radical (unpaired) electrons. The molecule has 0 fully saturated rings. The maximum Gasteiger partial charge on any atom is 0.269 e. The molecule has 120 valence electrons. The molecule has 0 amide bonds. The number of nitrogens with zero attached hydrogens (tertiary/aromatic N) is 2. The standard InChI is InChI=1S/C15H16N4O2S2/c1-9-2-7-12-13(8-9)23-15(17-12)18-14(22)16-10-3-5-11(6-4-10)19(20)21/h3-6,9H,2,7-8H2,1H3,(H2,16,17,18,22). The first kappa shape index (κ1) is 15.8. The molecule has 1 atom stereocenters. The number of nitrogens with one attached hydrogen (secondary N) is 2. The van der Waals surface area contributed by atoms with Gasteiger partial charge in [0.25, 0.3) is 5.69 Å². The van der Waals surface area contributed by atoms with Crippen molar-refractivity contribution in [1.29, 1.82) is 0 Å². The fourth-order valence-corrected chi connectivity index (χ4v) is 3.97. The summed E-state index contributed by atoms with van der Waals surface area (Å²) in [5.74, 6) is 0.709. The Morgan fingerprint density at radius 1 is 1.39 bits per heavy atom. The van der Waals surface area contributed by atoms with Crippen LogP contribution >= 0.6 is 23.6 Å². The highest BCUT2D eigenvalue weighted by Gasteiger charge is 2.20. The number of anilines is 2. The smallest absolute Gasteiger partial charge is 0.269 e. The summed E-state index contributed by atoms with van der Waals surface area (Å²) in [4.78, 5) is 16.1. The third-order valence-electron chi connectivity index (χ3n) is 3.74. The van der Waals surface area contributed by atoms with E-state index in [1.165, 1.54) is 29.1 Å². The van der Waals surface area contributed by atoms with Gasteiger partial charge in [0.1, 0.15) is 0 Å². The lowest BCUT2D eigenvalue weighted by Crippen LogP contribution is -2.18. The Kier molecular flexibility index (Phi) is 4.53. The molecular formula is C15H16N4O2S2. The molecule has 8 heteroatoms. The van der Waals surface area contributed by atoms with Crippen molar-refractivity contribution in [2.45, 2.75) is 26.2 Å². The van der Waals surface area contributed by atoms with Crippen LogP contribution < -0.4 is 10.6 Å². The van der Waals surface area contributed by atoms with Crippen LogP contribution in [-0.4, -0.2) is 15.0 Å². The molecule has 0 saturated heterocycles. The predicted molar refractivity (Wildman–Crippen MR) is 96.2 cm³/mol. The Bertz CT molecular complexity index is 742. The molecule has 23 heavy (non-hydrogen) atoms. The third-order valence-corrected chi connectivity index (χ3v) is 4.98. The highest BCUT2D eigenvalue weighted by molar-refractivity contribution is 7.80. The van der Waals surface area contributed by atoms with E-state index < -0.39 is 4.92 Å². The lowest BCUT2D eigenvalue weighted by Gasteiger charge is -2.15. The maximum absolute atomic E-state index is 10.6. The summed E-state index contributed by atoms with van der Waals surface area (Å²) in [6.07, 6.45) is 3.29. The van der Waals surface area contributed by atoms with Gasteiger partial charge in [0.2, 0.25) is 0 Å². The topological polar surface area (TPSA) is 80.1 Å². The Morgan fingerprint density at radius 2 is 2.13 bits per heavy atom. The normalized spacial score (nSPS) is 16.5. The number of fused-ring (bicyclic) bond motifs is 1. The molecule has 0 aliphatic heterocycles. The molecule has 1 aliphatic carbocycles. The Labute approximate surface area is 143 Å². The first-order valence-electron chi connectivity index (χ1n) is 7.32. The molecule has 1 unspecified atom stereocenters. The molecule has 2 aromatic rings. The molecular weight excluding hydrogens is 332 g/mol. The lowest BCUT2D eigenvalue weighted by molar-refractivity contribution is -0.384. The number of rotatable bonds is 3. The maximum atomic E-state index is 10.6. The first-order valence-corrected chi connectivity index (χ1v) is 8.55. The highest BCUT2D eigenvalue weighted by atomic mass is 32.1. The molecule has 2 N–H and O–H groups in total. The molecule has 1 aromatic carbocycles. The van der Waals surface area contributed by atoms with Gasteiger partial charge in [-0.3, -0.25) is 10.1 Å². The van der Waals surface area contributed by atoms with E-state index in [0.29, 0.717) is 16.7 Å². The second kappa shape index (κ2) is 6.59. The Hall–Kier alpha value is -2.06. The van der Waals surface area contributed by atoms with E-state index in [9.17, 15) is 10.1 Å². The molecule has 1 aliphatic rings. The monoisotopic (exact) mass is 348 g/mol.